The minimum atomic E-state index is -0.586. The highest BCUT2D eigenvalue weighted by Crippen LogP contribution is 2.24. The van der Waals surface area contributed by atoms with E-state index in [1.54, 1.807) is 42.5 Å². The van der Waals surface area contributed by atoms with Gasteiger partial charge in [0.15, 0.2) is 5.16 Å². The Kier molecular flexibility index (Phi) is 4.29. The molecule has 0 bridgehead atoms. The predicted octanol–water partition coefficient (Wildman–Crippen LogP) is 2.66. The molecule has 3 aromatic rings. The number of hydrogen-bond acceptors (Lipinski definition) is 5. The van der Waals surface area contributed by atoms with E-state index < -0.39 is 12.0 Å². The minimum Gasteiger partial charge on any atom is -0.410 e. The number of primary amides is 1. The van der Waals surface area contributed by atoms with Gasteiger partial charge in [-0.15, -0.1) is 0 Å². The second kappa shape index (κ2) is 6.53. The summed E-state index contributed by atoms with van der Waals surface area (Å²) in [5, 5.41) is 0.367. The molecule has 0 spiro atoms. The normalized spacial score (nSPS) is 10.6. The first-order chi connectivity index (χ1) is 11.1. The van der Waals surface area contributed by atoms with E-state index in [4.69, 9.17) is 10.5 Å². The summed E-state index contributed by atoms with van der Waals surface area (Å²) >= 11 is 1.10. The zero-order chi connectivity index (χ0) is 16.2. The molecule has 0 unspecified atom stereocenters. The molecule has 0 aliphatic carbocycles. The second-order valence-corrected chi connectivity index (χ2v) is 5.60. The Morgan fingerprint density at radius 3 is 2.52 bits per heavy atom. The van der Waals surface area contributed by atoms with Gasteiger partial charge in [-0.2, -0.15) is 0 Å². The number of rotatable bonds is 4. The standard InChI is InChI=1S/C16H13N3O3S/c17-14(20)10-23-15-18-12-8-4-5-9-13(12)19(15)16(21)22-11-6-2-1-3-7-11/h1-9H,10H2,(H2,17,20). The highest BCUT2D eigenvalue weighted by molar-refractivity contribution is 7.99. The van der Waals surface area contributed by atoms with Crippen LogP contribution in [0.1, 0.15) is 0 Å². The smallest absolute Gasteiger partial charge is 0.410 e. The Labute approximate surface area is 136 Å². The molecule has 1 aromatic heterocycles. The molecular weight excluding hydrogens is 314 g/mol. The van der Waals surface area contributed by atoms with Crippen LogP contribution in [0.4, 0.5) is 4.79 Å². The van der Waals surface area contributed by atoms with Gasteiger partial charge in [0.2, 0.25) is 5.91 Å². The average Bonchev–Trinajstić information content (AvgIpc) is 2.92. The van der Waals surface area contributed by atoms with E-state index in [2.05, 4.69) is 4.98 Å². The SMILES string of the molecule is NC(=O)CSc1nc2ccccc2n1C(=O)Oc1ccccc1. The van der Waals surface area contributed by atoms with Crippen molar-refractivity contribution < 1.29 is 14.3 Å². The number of ether oxygens (including phenoxy) is 1. The van der Waals surface area contributed by atoms with Crippen LogP contribution in [0.25, 0.3) is 11.0 Å². The van der Waals surface area contributed by atoms with E-state index in [0.29, 0.717) is 21.9 Å². The Morgan fingerprint density at radius 2 is 1.78 bits per heavy atom. The lowest BCUT2D eigenvalue weighted by atomic mass is 10.3. The lowest BCUT2D eigenvalue weighted by Gasteiger charge is -2.08. The number of nitrogens with zero attached hydrogens (tertiary/aromatic N) is 2. The van der Waals surface area contributed by atoms with Gasteiger partial charge < -0.3 is 10.5 Å². The topological polar surface area (TPSA) is 87.2 Å². The van der Waals surface area contributed by atoms with Crippen molar-refractivity contribution in [2.24, 2.45) is 5.73 Å². The van der Waals surface area contributed by atoms with E-state index in [0.717, 1.165) is 11.8 Å². The van der Waals surface area contributed by atoms with Crippen LogP contribution < -0.4 is 10.5 Å². The first kappa shape index (κ1) is 15.1. The van der Waals surface area contributed by atoms with Gasteiger partial charge >= 0.3 is 6.09 Å². The molecule has 0 aliphatic rings. The summed E-state index contributed by atoms with van der Waals surface area (Å²) < 4.78 is 6.71. The zero-order valence-electron chi connectivity index (χ0n) is 12.0. The van der Waals surface area contributed by atoms with Crippen LogP contribution in [0.5, 0.6) is 5.75 Å². The molecule has 1 heterocycles. The second-order valence-electron chi connectivity index (χ2n) is 4.65. The number of nitrogens with two attached hydrogens (primary N) is 1. The number of para-hydroxylation sites is 3. The quantitative estimate of drug-likeness (QED) is 0.744. The molecule has 2 aromatic carbocycles. The van der Waals surface area contributed by atoms with Gasteiger partial charge in [-0.1, -0.05) is 42.1 Å². The monoisotopic (exact) mass is 327 g/mol. The summed E-state index contributed by atoms with van der Waals surface area (Å²) in [4.78, 5) is 27.9. The summed E-state index contributed by atoms with van der Waals surface area (Å²) in [5.74, 6) is -0.0201. The Balaban J connectivity index is 1.98. The molecule has 23 heavy (non-hydrogen) atoms. The van der Waals surface area contributed by atoms with Crippen molar-refractivity contribution in [3.8, 4) is 5.75 Å². The maximum Gasteiger partial charge on any atom is 0.426 e. The molecule has 1 amide bonds. The lowest BCUT2D eigenvalue weighted by Crippen LogP contribution is -2.19. The number of thioether (sulfide) groups is 1. The van der Waals surface area contributed by atoms with Crippen LogP contribution in [-0.4, -0.2) is 27.3 Å². The fourth-order valence-electron chi connectivity index (χ4n) is 2.05. The summed E-state index contributed by atoms with van der Waals surface area (Å²) in [5.41, 5.74) is 6.43. The van der Waals surface area contributed by atoms with E-state index in [-0.39, 0.29) is 5.75 Å². The summed E-state index contributed by atoms with van der Waals surface area (Å²) in [6, 6.07) is 15.9. The number of benzene rings is 2. The van der Waals surface area contributed by atoms with Gasteiger partial charge in [0, 0.05) is 0 Å². The summed E-state index contributed by atoms with van der Waals surface area (Å²) in [7, 11) is 0. The van der Waals surface area contributed by atoms with E-state index in [1.165, 1.54) is 4.57 Å². The van der Waals surface area contributed by atoms with Crippen molar-refractivity contribution in [1.82, 2.24) is 9.55 Å². The summed E-state index contributed by atoms with van der Waals surface area (Å²) in [6.07, 6.45) is -0.586. The van der Waals surface area contributed by atoms with Crippen molar-refractivity contribution in [2.45, 2.75) is 5.16 Å². The van der Waals surface area contributed by atoms with Crippen molar-refractivity contribution in [3.05, 3.63) is 54.6 Å². The number of aromatic nitrogens is 2. The number of imidazole rings is 1. The summed E-state index contributed by atoms with van der Waals surface area (Å²) in [6.45, 7) is 0. The highest BCUT2D eigenvalue weighted by atomic mass is 32.2. The lowest BCUT2D eigenvalue weighted by molar-refractivity contribution is -0.115. The Bertz CT molecular complexity index is 861. The van der Waals surface area contributed by atoms with E-state index in [9.17, 15) is 9.59 Å². The number of amides is 1. The van der Waals surface area contributed by atoms with Crippen LogP contribution in [0.15, 0.2) is 59.8 Å². The molecule has 6 nitrogen and oxygen atoms in total. The third-order valence-corrected chi connectivity index (χ3v) is 3.97. The number of carbonyl (C=O) groups is 2. The number of hydrogen-bond donors (Lipinski definition) is 1. The van der Waals surface area contributed by atoms with E-state index in [1.807, 2.05) is 12.1 Å². The number of carbonyl (C=O) groups excluding carboxylic acids is 2. The maximum atomic E-state index is 12.5. The fraction of sp³-hybridized carbons (Fsp3) is 0.0625. The Morgan fingerprint density at radius 1 is 1.09 bits per heavy atom. The van der Waals surface area contributed by atoms with Gasteiger partial charge in [-0.25, -0.2) is 14.3 Å². The largest absolute Gasteiger partial charge is 0.426 e. The van der Waals surface area contributed by atoms with Crippen LogP contribution in [0, 0.1) is 0 Å². The molecular formula is C16H13N3O3S. The van der Waals surface area contributed by atoms with Crippen LogP contribution in [0.3, 0.4) is 0 Å². The molecule has 116 valence electrons. The maximum absolute atomic E-state index is 12.5. The fourth-order valence-corrected chi connectivity index (χ4v) is 2.78. The van der Waals surface area contributed by atoms with Crippen molar-refractivity contribution in [2.75, 3.05) is 5.75 Å². The van der Waals surface area contributed by atoms with Gasteiger partial charge in [0.05, 0.1) is 16.8 Å². The molecule has 0 saturated heterocycles. The molecule has 0 aliphatic heterocycles. The van der Waals surface area contributed by atoms with Gasteiger partial charge in [-0.3, -0.25) is 4.79 Å². The van der Waals surface area contributed by atoms with Gasteiger partial charge in [0.25, 0.3) is 0 Å². The van der Waals surface area contributed by atoms with Crippen molar-refractivity contribution >= 4 is 34.8 Å². The first-order valence-electron chi connectivity index (χ1n) is 6.81. The predicted molar refractivity (Wildman–Crippen MR) is 87.5 cm³/mol. The van der Waals surface area contributed by atoms with Crippen LogP contribution >= 0.6 is 11.8 Å². The minimum absolute atomic E-state index is 0.0297. The Hall–Kier alpha value is -2.80. The molecule has 0 atom stereocenters. The molecule has 0 radical (unpaired) electrons. The van der Waals surface area contributed by atoms with Crippen molar-refractivity contribution in [3.63, 3.8) is 0 Å². The van der Waals surface area contributed by atoms with Crippen LogP contribution in [-0.2, 0) is 4.79 Å². The van der Waals surface area contributed by atoms with Gasteiger partial charge in [0.1, 0.15) is 5.75 Å². The highest BCUT2D eigenvalue weighted by Gasteiger charge is 2.19. The van der Waals surface area contributed by atoms with Crippen LogP contribution in [0.2, 0.25) is 0 Å². The van der Waals surface area contributed by atoms with E-state index >= 15 is 0 Å². The first-order valence-corrected chi connectivity index (χ1v) is 7.79. The zero-order valence-corrected chi connectivity index (χ0v) is 12.8. The molecule has 0 saturated carbocycles. The molecule has 7 heteroatoms. The average molecular weight is 327 g/mol. The van der Waals surface area contributed by atoms with Crippen molar-refractivity contribution in [1.29, 1.82) is 0 Å². The third kappa shape index (κ3) is 3.35. The third-order valence-electron chi connectivity index (χ3n) is 3.00. The van der Waals surface area contributed by atoms with Gasteiger partial charge in [-0.05, 0) is 24.3 Å². The molecule has 2 N–H and O–H groups in total. The number of fused-ring (bicyclic) bond motifs is 1. The molecule has 3 rings (SSSR count). The molecule has 0 fully saturated rings.